The second-order valence-corrected chi connectivity index (χ2v) is 9.80. The van der Waals surface area contributed by atoms with E-state index in [1.165, 1.54) is 38.9 Å². The molecule has 0 radical (unpaired) electrons. The van der Waals surface area contributed by atoms with Gasteiger partial charge in [0, 0.05) is 24.3 Å². The van der Waals surface area contributed by atoms with Crippen LogP contribution in [-0.4, -0.2) is 50.2 Å². The lowest BCUT2D eigenvalue weighted by Gasteiger charge is -2.45. The van der Waals surface area contributed by atoms with Crippen molar-refractivity contribution in [3.63, 3.8) is 0 Å². The second-order valence-electron chi connectivity index (χ2n) is 9.80. The normalized spacial score (nSPS) is 20.5. The third-order valence-electron chi connectivity index (χ3n) is 7.32. The van der Waals surface area contributed by atoms with Crippen molar-refractivity contribution in [2.75, 3.05) is 24.5 Å². The molecule has 2 aromatic heterocycles. The van der Waals surface area contributed by atoms with Gasteiger partial charge in [-0.15, -0.1) is 0 Å². The van der Waals surface area contributed by atoms with Gasteiger partial charge in [0.2, 0.25) is 0 Å². The molecule has 35 heavy (non-hydrogen) atoms. The first-order valence-corrected chi connectivity index (χ1v) is 12.8. The van der Waals surface area contributed by atoms with Crippen molar-refractivity contribution in [2.45, 2.75) is 44.8 Å². The molecule has 2 aromatic carbocycles. The molecule has 1 aliphatic carbocycles. The topological polar surface area (TPSA) is 58.8 Å². The van der Waals surface area contributed by atoms with Gasteiger partial charge >= 0.3 is 0 Å². The molecular formula is C28H32N6O. The SMILES string of the molecule is c1ccc(COc2cccc(N(c3ncnn4cncc34)C3CC(CN4CCCCC4)C3)c2)cc1. The maximum atomic E-state index is 6.16. The quantitative estimate of drug-likeness (QED) is 0.358. The fourth-order valence-corrected chi connectivity index (χ4v) is 5.47. The molecule has 4 aromatic rings. The van der Waals surface area contributed by atoms with E-state index in [9.17, 15) is 0 Å². The molecule has 7 heteroatoms. The van der Waals surface area contributed by atoms with Gasteiger partial charge in [0.15, 0.2) is 5.82 Å². The number of piperidine rings is 1. The highest BCUT2D eigenvalue weighted by molar-refractivity contribution is 5.75. The molecule has 1 saturated carbocycles. The van der Waals surface area contributed by atoms with Crippen molar-refractivity contribution in [1.82, 2.24) is 24.5 Å². The molecule has 0 N–H and O–H groups in total. The Labute approximate surface area is 206 Å². The summed E-state index contributed by atoms with van der Waals surface area (Å²) in [5.74, 6) is 2.50. The van der Waals surface area contributed by atoms with Crippen molar-refractivity contribution in [3.8, 4) is 5.75 Å². The Morgan fingerprint density at radius 1 is 0.971 bits per heavy atom. The fraction of sp³-hybridized carbons (Fsp3) is 0.393. The molecule has 0 bridgehead atoms. The van der Waals surface area contributed by atoms with E-state index in [0.717, 1.165) is 47.1 Å². The molecule has 0 unspecified atom stereocenters. The highest BCUT2D eigenvalue weighted by atomic mass is 16.5. The minimum atomic E-state index is 0.391. The Bertz CT molecular complexity index is 1250. The summed E-state index contributed by atoms with van der Waals surface area (Å²) in [5, 5.41) is 4.34. The molecule has 6 rings (SSSR count). The van der Waals surface area contributed by atoms with Crippen molar-refractivity contribution in [3.05, 3.63) is 79.0 Å². The van der Waals surface area contributed by atoms with Gasteiger partial charge in [-0.2, -0.15) is 5.10 Å². The van der Waals surface area contributed by atoms with Gasteiger partial charge in [0.25, 0.3) is 0 Å². The summed E-state index contributed by atoms with van der Waals surface area (Å²) in [6.45, 7) is 4.28. The standard InChI is InChI=1S/C28H32N6O/c1-3-8-22(9-4-1)19-35-26-11-7-10-24(16-26)34(28-27-17-29-21-33(27)31-20-30-28)25-14-23(15-25)18-32-12-5-2-6-13-32/h1,3-4,7-11,16-17,20-21,23,25H,2,5-6,12-15,18-19H2. The van der Waals surface area contributed by atoms with E-state index in [1.54, 1.807) is 17.2 Å². The van der Waals surface area contributed by atoms with E-state index in [4.69, 9.17) is 9.72 Å². The van der Waals surface area contributed by atoms with Gasteiger partial charge < -0.3 is 14.5 Å². The smallest absolute Gasteiger partial charge is 0.162 e. The first-order valence-electron chi connectivity index (χ1n) is 12.8. The number of hydrogen-bond acceptors (Lipinski definition) is 6. The van der Waals surface area contributed by atoms with Gasteiger partial charge in [-0.05, 0) is 62.4 Å². The predicted octanol–water partition coefficient (Wildman–Crippen LogP) is 5.11. The number of fused-ring (bicyclic) bond motifs is 1. The van der Waals surface area contributed by atoms with Crippen LogP contribution in [0.2, 0.25) is 0 Å². The zero-order chi connectivity index (χ0) is 23.5. The van der Waals surface area contributed by atoms with Crippen LogP contribution in [0.15, 0.2) is 73.4 Å². The lowest BCUT2D eigenvalue weighted by atomic mass is 9.78. The predicted molar refractivity (Wildman–Crippen MR) is 137 cm³/mol. The Morgan fingerprint density at radius 2 is 1.83 bits per heavy atom. The van der Waals surface area contributed by atoms with Gasteiger partial charge in [0.05, 0.1) is 6.20 Å². The number of benzene rings is 2. The zero-order valence-corrected chi connectivity index (χ0v) is 20.0. The van der Waals surface area contributed by atoms with Gasteiger partial charge in [0.1, 0.15) is 30.5 Å². The number of aromatic nitrogens is 4. The van der Waals surface area contributed by atoms with E-state index >= 15 is 0 Å². The van der Waals surface area contributed by atoms with Crippen LogP contribution < -0.4 is 9.64 Å². The van der Waals surface area contributed by atoms with E-state index < -0.39 is 0 Å². The maximum Gasteiger partial charge on any atom is 0.162 e. The van der Waals surface area contributed by atoms with Crippen LogP contribution in [0.25, 0.3) is 5.52 Å². The van der Waals surface area contributed by atoms with E-state index in [-0.39, 0.29) is 0 Å². The Hall–Kier alpha value is -3.45. The first kappa shape index (κ1) is 22.0. The number of hydrogen-bond donors (Lipinski definition) is 0. The molecule has 3 heterocycles. The lowest BCUT2D eigenvalue weighted by Crippen LogP contribution is -2.47. The van der Waals surface area contributed by atoms with Crippen LogP contribution in [0, 0.1) is 5.92 Å². The third-order valence-corrected chi connectivity index (χ3v) is 7.32. The number of imidazole rings is 1. The highest BCUT2D eigenvalue weighted by Gasteiger charge is 2.37. The van der Waals surface area contributed by atoms with E-state index in [2.05, 4.69) is 50.2 Å². The van der Waals surface area contributed by atoms with Crippen LogP contribution in [0.3, 0.4) is 0 Å². The molecular weight excluding hydrogens is 436 g/mol. The van der Waals surface area contributed by atoms with Gasteiger partial charge in [-0.1, -0.05) is 42.8 Å². The summed E-state index contributed by atoms with van der Waals surface area (Å²) in [7, 11) is 0. The number of anilines is 2. The van der Waals surface area contributed by atoms with Crippen molar-refractivity contribution in [2.24, 2.45) is 5.92 Å². The first-order chi connectivity index (χ1) is 17.3. The van der Waals surface area contributed by atoms with Crippen LogP contribution in [0.5, 0.6) is 5.75 Å². The van der Waals surface area contributed by atoms with Crippen LogP contribution in [-0.2, 0) is 6.61 Å². The minimum absolute atomic E-state index is 0.391. The zero-order valence-electron chi connectivity index (χ0n) is 20.0. The third kappa shape index (κ3) is 4.86. The Kier molecular flexibility index (Phi) is 6.32. The molecule has 2 aliphatic rings. The Morgan fingerprint density at radius 3 is 2.69 bits per heavy atom. The molecule has 1 saturated heterocycles. The monoisotopic (exact) mass is 468 g/mol. The highest BCUT2D eigenvalue weighted by Crippen LogP contribution is 2.41. The summed E-state index contributed by atoms with van der Waals surface area (Å²) < 4.78 is 7.96. The number of ether oxygens (including phenoxy) is 1. The molecule has 7 nitrogen and oxygen atoms in total. The lowest BCUT2D eigenvalue weighted by molar-refractivity contribution is 0.141. The fourth-order valence-electron chi connectivity index (χ4n) is 5.47. The molecule has 1 aliphatic heterocycles. The molecule has 0 spiro atoms. The number of nitrogens with zero attached hydrogens (tertiary/aromatic N) is 6. The number of likely N-dealkylation sites (tertiary alicyclic amines) is 1. The van der Waals surface area contributed by atoms with Crippen LogP contribution >= 0.6 is 0 Å². The van der Waals surface area contributed by atoms with Crippen molar-refractivity contribution < 1.29 is 4.74 Å². The summed E-state index contributed by atoms with van der Waals surface area (Å²) in [5.41, 5.74) is 3.17. The largest absolute Gasteiger partial charge is 0.489 e. The number of rotatable bonds is 8. The molecule has 0 atom stereocenters. The summed E-state index contributed by atoms with van der Waals surface area (Å²) in [4.78, 5) is 14.1. The van der Waals surface area contributed by atoms with Gasteiger partial charge in [-0.25, -0.2) is 14.5 Å². The van der Waals surface area contributed by atoms with Crippen LogP contribution in [0.4, 0.5) is 11.5 Å². The van der Waals surface area contributed by atoms with E-state index in [1.807, 2.05) is 30.5 Å². The van der Waals surface area contributed by atoms with Crippen molar-refractivity contribution >= 4 is 17.0 Å². The van der Waals surface area contributed by atoms with Gasteiger partial charge in [-0.3, -0.25) is 0 Å². The maximum absolute atomic E-state index is 6.16. The summed E-state index contributed by atoms with van der Waals surface area (Å²) in [6, 6.07) is 19.1. The average Bonchev–Trinajstić information content (AvgIpc) is 3.37. The second kappa shape index (κ2) is 10.0. The van der Waals surface area contributed by atoms with E-state index in [0.29, 0.717) is 12.6 Å². The molecule has 180 valence electrons. The Balaban J connectivity index is 1.24. The minimum Gasteiger partial charge on any atom is -0.489 e. The average molecular weight is 469 g/mol. The molecule has 2 fully saturated rings. The molecule has 0 amide bonds. The summed E-state index contributed by atoms with van der Waals surface area (Å²) >= 11 is 0. The van der Waals surface area contributed by atoms with Crippen LogP contribution in [0.1, 0.15) is 37.7 Å². The van der Waals surface area contributed by atoms with Crippen molar-refractivity contribution in [1.29, 1.82) is 0 Å². The summed E-state index contributed by atoms with van der Waals surface area (Å²) in [6.07, 6.45) is 11.6.